The molecule has 0 aromatic heterocycles. The number of hydrogen-bond acceptors (Lipinski definition) is 1. The van der Waals surface area contributed by atoms with Gasteiger partial charge in [-0.15, -0.1) is 0 Å². The monoisotopic (exact) mass is 215 g/mol. The summed E-state index contributed by atoms with van der Waals surface area (Å²) in [5, 5.41) is 8.87. The molecule has 0 aliphatic heterocycles. The van der Waals surface area contributed by atoms with E-state index in [0.717, 1.165) is 18.8 Å². The van der Waals surface area contributed by atoms with Crippen molar-refractivity contribution in [1.82, 2.24) is 0 Å². The van der Waals surface area contributed by atoms with Crippen LogP contribution in [0.4, 0.5) is 0 Å². The van der Waals surface area contributed by atoms with Crippen LogP contribution < -0.4 is 0 Å². The van der Waals surface area contributed by atoms with E-state index >= 15 is 0 Å². The number of nitrogens with zero attached hydrogens (tertiary/aromatic N) is 1. The molecule has 0 aromatic carbocycles. The van der Waals surface area contributed by atoms with Gasteiger partial charge in [-0.25, -0.2) is 0 Å². The molecule has 1 aliphatic rings. The van der Waals surface area contributed by atoms with E-state index in [1.54, 1.807) is 0 Å². The molecule has 11 heavy (non-hydrogen) atoms. The van der Waals surface area contributed by atoms with Crippen molar-refractivity contribution in [2.45, 2.75) is 43.4 Å². The Hall–Kier alpha value is -0.0300. The van der Waals surface area contributed by atoms with Gasteiger partial charge < -0.3 is 0 Å². The first-order valence-electron chi connectivity index (χ1n) is 4.30. The number of hydrogen-bond donors (Lipinski definition) is 0. The number of alkyl halides is 1. The predicted octanol–water partition coefficient (Wildman–Crippen LogP) is 3.24. The Bertz CT molecular complexity index is 173. The van der Waals surface area contributed by atoms with Crippen LogP contribution in [0.2, 0.25) is 0 Å². The molecule has 1 rings (SSSR count). The van der Waals surface area contributed by atoms with Gasteiger partial charge in [0.1, 0.15) is 4.32 Å². The highest BCUT2D eigenvalue weighted by molar-refractivity contribution is 9.10. The van der Waals surface area contributed by atoms with Crippen LogP contribution in [-0.2, 0) is 0 Å². The van der Waals surface area contributed by atoms with Crippen LogP contribution >= 0.6 is 15.9 Å². The van der Waals surface area contributed by atoms with Crippen molar-refractivity contribution in [3.8, 4) is 6.07 Å². The average molecular weight is 216 g/mol. The molecule has 0 N–H and O–H groups in total. The Morgan fingerprint density at radius 3 is 3.00 bits per heavy atom. The van der Waals surface area contributed by atoms with Gasteiger partial charge >= 0.3 is 0 Å². The lowest BCUT2D eigenvalue weighted by Crippen LogP contribution is -2.27. The van der Waals surface area contributed by atoms with Crippen molar-refractivity contribution in [3.05, 3.63) is 0 Å². The molecule has 2 atom stereocenters. The first-order valence-corrected chi connectivity index (χ1v) is 5.09. The largest absolute Gasteiger partial charge is 0.197 e. The third kappa shape index (κ3) is 2.20. The molecular weight excluding hydrogens is 202 g/mol. The summed E-state index contributed by atoms with van der Waals surface area (Å²) < 4.78 is -0.189. The Labute approximate surface area is 76.9 Å². The van der Waals surface area contributed by atoms with Gasteiger partial charge in [-0.05, 0) is 18.8 Å². The van der Waals surface area contributed by atoms with Gasteiger partial charge in [0.25, 0.3) is 0 Å². The smallest absolute Gasteiger partial charge is 0.112 e. The van der Waals surface area contributed by atoms with Gasteiger partial charge in [0.2, 0.25) is 0 Å². The lowest BCUT2D eigenvalue weighted by Gasteiger charge is -2.30. The highest BCUT2D eigenvalue weighted by Crippen LogP contribution is 2.39. The normalized spacial score (nSPS) is 38.1. The summed E-state index contributed by atoms with van der Waals surface area (Å²) in [7, 11) is 0. The van der Waals surface area contributed by atoms with Crippen LogP contribution in [0.1, 0.15) is 39.0 Å². The zero-order valence-electron chi connectivity index (χ0n) is 6.94. The van der Waals surface area contributed by atoms with Gasteiger partial charge in [0.05, 0.1) is 6.07 Å². The fourth-order valence-electron chi connectivity index (χ4n) is 1.78. The first kappa shape index (κ1) is 9.06. The molecule has 0 amide bonds. The molecular formula is C9H14BrN. The summed E-state index contributed by atoms with van der Waals surface area (Å²) in [5.74, 6) is 0.766. The first-order chi connectivity index (χ1) is 5.20. The average Bonchev–Trinajstić information content (AvgIpc) is 2.05. The second kappa shape index (κ2) is 3.58. The van der Waals surface area contributed by atoms with Crippen LogP contribution in [0, 0.1) is 17.2 Å². The third-order valence-corrected chi connectivity index (χ3v) is 3.47. The molecule has 1 aliphatic carbocycles. The molecule has 0 saturated heterocycles. The molecule has 1 fully saturated rings. The SMILES string of the molecule is CCC1CCCC(Br)(C#N)C1. The standard InChI is InChI=1S/C9H14BrN/c1-2-8-4-3-5-9(10,6-8)7-11/h8H,2-6H2,1H3. The van der Waals surface area contributed by atoms with Gasteiger partial charge in [-0.2, -0.15) is 5.26 Å². The topological polar surface area (TPSA) is 23.8 Å². The maximum Gasteiger partial charge on any atom is 0.112 e. The van der Waals surface area contributed by atoms with Gasteiger partial charge in [-0.3, -0.25) is 0 Å². The molecule has 0 bridgehead atoms. The maximum atomic E-state index is 8.87. The van der Waals surface area contributed by atoms with E-state index in [0.29, 0.717) is 0 Å². The molecule has 0 radical (unpaired) electrons. The van der Waals surface area contributed by atoms with E-state index in [-0.39, 0.29) is 4.32 Å². The second-order valence-electron chi connectivity index (χ2n) is 3.45. The second-order valence-corrected chi connectivity index (χ2v) is 4.97. The summed E-state index contributed by atoms with van der Waals surface area (Å²) in [5.41, 5.74) is 0. The highest BCUT2D eigenvalue weighted by atomic mass is 79.9. The molecule has 1 nitrogen and oxygen atoms in total. The number of halogens is 1. The van der Waals surface area contributed by atoms with Crippen LogP contribution in [0.15, 0.2) is 0 Å². The van der Waals surface area contributed by atoms with E-state index in [1.807, 2.05) is 0 Å². The predicted molar refractivity (Wildman–Crippen MR) is 49.5 cm³/mol. The molecule has 2 heteroatoms. The lowest BCUT2D eigenvalue weighted by atomic mass is 9.81. The van der Waals surface area contributed by atoms with E-state index in [1.165, 1.54) is 19.3 Å². The zero-order chi connectivity index (χ0) is 8.32. The summed E-state index contributed by atoms with van der Waals surface area (Å²) in [6, 6.07) is 2.36. The van der Waals surface area contributed by atoms with Crippen molar-refractivity contribution >= 4 is 15.9 Å². The lowest BCUT2D eigenvalue weighted by molar-refractivity contribution is 0.328. The summed E-state index contributed by atoms with van der Waals surface area (Å²) >= 11 is 3.51. The van der Waals surface area contributed by atoms with Crippen LogP contribution in [-0.4, -0.2) is 4.32 Å². The zero-order valence-corrected chi connectivity index (χ0v) is 8.52. The minimum atomic E-state index is -0.189. The van der Waals surface area contributed by atoms with Crippen molar-refractivity contribution in [2.75, 3.05) is 0 Å². The van der Waals surface area contributed by atoms with Crippen molar-refractivity contribution < 1.29 is 0 Å². The minimum absolute atomic E-state index is 0.189. The molecule has 0 spiro atoms. The van der Waals surface area contributed by atoms with Crippen LogP contribution in [0.5, 0.6) is 0 Å². The Morgan fingerprint density at radius 2 is 2.45 bits per heavy atom. The molecule has 1 saturated carbocycles. The van der Waals surface area contributed by atoms with Crippen molar-refractivity contribution in [2.24, 2.45) is 5.92 Å². The fourth-order valence-corrected chi connectivity index (χ4v) is 2.52. The Kier molecular flexibility index (Phi) is 2.95. The van der Waals surface area contributed by atoms with E-state index in [2.05, 4.69) is 28.9 Å². The highest BCUT2D eigenvalue weighted by Gasteiger charge is 2.32. The van der Waals surface area contributed by atoms with E-state index in [9.17, 15) is 0 Å². The van der Waals surface area contributed by atoms with Crippen molar-refractivity contribution in [1.29, 1.82) is 5.26 Å². The molecule has 2 unspecified atom stereocenters. The molecule has 62 valence electrons. The summed E-state index contributed by atoms with van der Waals surface area (Å²) in [6.07, 6.45) is 5.80. The van der Waals surface area contributed by atoms with Gasteiger partial charge in [-0.1, -0.05) is 42.1 Å². The van der Waals surface area contributed by atoms with E-state index < -0.39 is 0 Å². The quantitative estimate of drug-likeness (QED) is 0.617. The fraction of sp³-hybridized carbons (Fsp3) is 0.889. The van der Waals surface area contributed by atoms with Crippen molar-refractivity contribution in [3.63, 3.8) is 0 Å². The van der Waals surface area contributed by atoms with E-state index in [4.69, 9.17) is 5.26 Å². The summed E-state index contributed by atoms with van der Waals surface area (Å²) in [6.45, 7) is 2.21. The summed E-state index contributed by atoms with van der Waals surface area (Å²) in [4.78, 5) is 0. The number of rotatable bonds is 1. The maximum absolute atomic E-state index is 8.87. The van der Waals surface area contributed by atoms with Gasteiger partial charge in [0, 0.05) is 0 Å². The third-order valence-electron chi connectivity index (χ3n) is 2.58. The number of nitriles is 1. The Morgan fingerprint density at radius 1 is 1.73 bits per heavy atom. The van der Waals surface area contributed by atoms with Gasteiger partial charge in [0.15, 0.2) is 0 Å². The molecule has 0 heterocycles. The van der Waals surface area contributed by atoms with Crippen LogP contribution in [0.3, 0.4) is 0 Å². The van der Waals surface area contributed by atoms with Crippen LogP contribution in [0.25, 0.3) is 0 Å². The minimum Gasteiger partial charge on any atom is -0.197 e. The Balaban J connectivity index is 2.53. The molecule has 0 aromatic rings.